The maximum absolute atomic E-state index is 12.3. The van der Waals surface area contributed by atoms with Crippen LogP contribution in [0.3, 0.4) is 0 Å². The smallest absolute Gasteiger partial charge is 0.238 e. The molecule has 0 unspecified atom stereocenters. The van der Waals surface area contributed by atoms with Crippen molar-refractivity contribution in [3.8, 4) is 0 Å². The van der Waals surface area contributed by atoms with Crippen molar-refractivity contribution in [2.45, 2.75) is 25.8 Å². The van der Waals surface area contributed by atoms with Gasteiger partial charge in [0, 0.05) is 10.5 Å². The quantitative estimate of drug-likeness (QED) is 0.843. The summed E-state index contributed by atoms with van der Waals surface area (Å²) in [5, 5.41) is 7.30. The molecule has 1 N–H and O–H groups in total. The number of carbonyl (C=O) groups is 1. The maximum atomic E-state index is 12.3. The summed E-state index contributed by atoms with van der Waals surface area (Å²) in [6, 6.07) is 8.52. The van der Waals surface area contributed by atoms with E-state index in [2.05, 4.69) is 43.0 Å². The molecule has 2 aromatic rings. The van der Waals surface area contributed by atoms with Gasteiger partial charge in [-0.15, -0.1) is 0 Å². The first-order chi connectivity index (χ1) is 10.6. The number of nitrogens with zero attached hydrogens (tertiary/aromatic N) is 1. The fraction of sp³-hybridized carbons (Fsp3) is 0.353. The van der Waals surface area contributed by atoms with Gasteiger partial charge in [0.2, 0.25) is 5.91 Å². The van der Waals surface area contributed by atoms with E-state index in [9.17, 15) is 4.79 Å². The van der Waals surface area contributed by atoms with E-state index in [4.69, 9.17) is 0 Å². The highest BCUT2D eigenvalue weighted by Crippen LogP contribution is 2.32. The molecule has 1 aromatic heterocycles. The van der Waals surface area contributed by atoms with Gasteiger partial charge >= 0.3 is 0 Å². The van der Waals surface area contributed by atoms with Crippen molar-refractivity contribution in [2.24, 2.45) is 0 Å². The van der Waals surface area contributed by atoms with Crippen LogP contribution in [0.5, 0.6) is 0 Å². The molecule has 0 bridgehead atoms. The number of halogens is 1. The van der Waals surface area contributed by atoms with Gasteiger partial charge in [0.05, 0.1) is 12.2 Å². The minimum Gasteiger partial charge on any atom is -0.324 e. The molecule has 1 aliphatic heterocycles. The number of hydrogen-bond acceptors (Lipinski definition) is 3. The predicted octanol–water partition coefficient (Wildman–Crippen LogP) is 4.59. The van der Waals surface area contributed by atoms with Crippen LogP contribution in [0.4, 0.5) is 5.69 Å². The van der Waals surface area contributed by atoms with Crippen molar-refractivity contribution < 1.29 is 4.79 Å². The molecule has 1 aliphatic rings. The summed E-state index contributed by atoms with van der Waals surface area (Å²) in [6.07, 6.45) is 2.29. The van der Waals surface area contributed by atoms with Crippen molar-refractivity contribution >= 4 is 38.9 Å². The second-order valence-corrected chi connectivity index (χ2v) is 7.35. The Morgan fingerprint density at radius 2 is 2.32 bits per heavy atom. The van der Waals surface area contributed by atoms with E-state index in [0.29, 0.717) is 12.6 Å². The van der Waals surface area contributed by atoms with E-state index < -0.39 is 0 Å². The highest BCUT2D eigenvalue weighted by atomic mass is 79.9. The molecule has 1 aromatic carbocycles. The van der Waals surface area contributed by atoms with Gasteiger partial charge in [-0.05, 0) is 82.3 Å². The predicted molar refractivity (Wildman–Crippen MR) is 95.4 cm³/mol. The third-order valence-corrected chi connectivity index (χ3v) is 5.39. The molecule has 3 rings (SSSR count). The van der Waals surface area contributed by atoms with Gasteiger partial charge in [0.1, 0.15) is 0 Å². The SMILES string of the molecule is Cc1ccc(NC(=O)CN2CCC[C@H]2c2ccsc2)c(Br)c1. The Balaban J connectivity index is 1.64. The second kappa shape index (κ2) is 6.94. The van der Waals surface area contributed by atoms with Crippen LogP contribution in [0, 0.1) is 6.92 Å². The lowest BCUT2D eigenvalue weighted by atomic mass is 10.1. The molecule has 3 nitrogen and oxygen atoms in total. The van der Waals surface area contributed by atoms with Crippen LogP contribution in [0.15, 0.2) is 39.5 Å². The standard InChI is InChI=1S/C17H19BrN2OS/c1-12-4-5-15(14(18)9-12)19-17(21)10-20-7-2-3-16(20)13-6-8-22-11-13/h4-6,8-9,11,16H,2-3,7,10H2,1H3,(H,19,21)/t16-/m0/s1. The Bertz CT molecular complexity index is 657. The summed E-state index contributed by atoms with van der Waals surface area (Å²) >= 11 is 5.22. The molecule has 1 amide bonds. The average Bonchev–Trinajstić information content (AvgIpc) is 3.12. The number of carbonyl (C=O) groups excluding carboxylic acids is 1. The second-order valence-electron chi connectivity index (χ2n) is 5.72. The lowest BCUT2D eigenvalue weighted by Crippen LogP contribution is -2.32. The fourth-order valence-electron chi connectivity index (χ4n) is 2.95. The molecule has 116 valence electrons. The van der Waals surface area contributed by atoms with Gasteiger partial charge in [0.25, 0.3) is 0 Å². The number of likely N-dealkylation sites (tertiary alicyclic amines) is 1. The molecule has 2 heterocycles. The summed E-state index contributed by atoms with van der Waals surface area (Å²) in [5.74, 6) is 0.0479. The van der Waals surface area contributed by atoms with Crippen molar-refractivity contribution in [2.75, 3.05) is 18.4 Å². The van der Waals surface area contributed by atoms with Crippen molar-refractivity contribution in [3.63, 3.8) is 0 Å². The number of anilines is 1. The Kier molecular flexibility index (Phi) is 4.96. The number of benzene rings is 1. The lowest BCUT2D eigenvalue weighted by molar-refractivity contribution is -0.117. The van der Waals surface area contributed by atoms with E-state index in [-0.39, 0.29) is 5.91 Å². The van der Waals surface area contributed by atoms with Crippen LogP contribution in [-0.2, 0) is 4.79 Å². The summed E-state index contributed by atoms with van der Waals surface area (Å²) < 4.78 is 0.927. The Labute approximate surface area is 143 Å². The molecular weight excluding hydrogens is 360 g/mol. The fourth-order valence-corrected chi connectivity index (χ4v) is 4.25. The van der Waals surface area contributed by atoms with E-state index in [0.717, 1.165) is 29.5 Å². The van der Waals surface area contributed by atoms with Gasteiger partial charge in [0.15, 0.2) is 0 Å². The Morgan fingerprint density at radius 1 is 1.45 bits per heavy atom. The van der Waals surface area contributed by atoms with Gasteiger partial charge in [-0.2, -0.15) is 11.3 Å². The highest BCUT2D eigenvalue weighted by molar-refractivity contribution is 9.10. The molecule has 0 saturated carbocycles. The first-order valence-corrected chi connectivity index (χ1v) is 9.19. The zero-order valence-corrected chi connectivity index (χ0v) is 14.9. The van der Waals surface area contributed by atoms with Gasteiger partial charge < -0.3 is 5.32 Å². The summed E-state index contributed by atoms with van der Waals surface area (Å²) in [6.45, 7) is 3.47. The van der Waals surface area contributed by atoms with Crippen LogP contribution in [0.1, 0.15) is 30.0 Å². The van der Waals surface area contributed by atoms with Crippen molar-refractivity contribution in [1.82, 2.24) is 4.90 Å². The third-order valence-electron chi connectivity index (χ3n) is 4.04. The number of hydrogen-bond donors (Lipinski definition) is 1. The summed E-state index contributed by atoms with van der Waals surface area (Å²) in [5.41, 5.74) is 3.34. The summed E-state index contributed by atoms with van der Waals surface area (Å²) in [4.78, 5) is 14.6. The molecule has 0 spiro atoms. The zero-order chi connectivity index (χ0) is 15.5. The van der Waals surface area contributed by atoms with Crippen LogP contribution in [-0.4, -0.2) is 23.9 Å². The highest BCUT2D eigenvalue weighted by Gasteiger charge is 2.27. The molecule has 1 fully saturated rings. The Morgan fingerprint density at radius 3 is 3.05 bits per heavy atom. The molecule has 1 saturated heterocycles. The van der Waals surface area contributed by atoms with Crippen LogP contribution < -0.4 is 5.32 Å². The van der Waals surface area contributed by atoms with E-state index in [1.807, 2.05) is 25.1 Å². The van der Waals surface area contributed by atoms with Gasteiger partial charge in [-0.25, -0.2) is 0 Å². The van der Waals surface area contributed by atoms with Crippen molar-refractivity contribution in [1.29, 1.82) is 0 Å². The van der Waals surface area contributed by atoms with Crippen LogP contribution >= 0.6 is 27.3 Å². The van der Waals surface area contributed by atoms with E-state index in [1.165, 1.54) is 11.1 Å². The van der Waals surface area contributed by atoms with Crippen LogP contribution in [0.2, 0.25) is 0 Å². The maximum Gasteiger partial charge on any atom is 0.238 e. The first kappa shape index (κ1) is 15.7. The number of rotatable bonds is 4. The molecular formula is C17H19BrN2OS. The minimum atomic E-state index is 0.0479. The topological polar surface area (TPSA) is 32.3 Å². The molecule has 0 radical (unpaired) electrons. The number of aryl methyl sites for hydroxylation is 1. The van der Waals surface area contributed by atoms with Crippen LogP contribution in [0.25, 0.3) is 0 Å². The molecule has 0 aliphatic carbocycles. The minimum absolute atomic E-state index is 0.0479. The van der Waals surface area contributed by atoms with Gasteiger partial charge in [-0.1, -0.05) is 6.07 Å². The Hall–Kier alpha value is -1.17. The lowest BCUT2D eigenvalue weighted by Gasteiger charge is -2.23. The van der Waals surface area contributed by atoms with Crippen molar-refractivity contribution in [3.05, 3.63) is 50.6 Å². The monoisotopic (exact) mass is 378 g/mol. The molecule has 1 atom stereocenters. The number of thiophene rings is 1. The third kappa shape index (κ3) is 3.59. The average molecular weight is 379 g/mol. The molecule has 5 heteroatoms. The zero-order valence-electron chi connectivity index (χ0n) is 12.5. The van der Waals surface area contributed by atoms with E-state index in [1.54, 1.807) is 11.3 Å². The first-order valence-electron chi connectivity index (χ1n) is 7.45. The molecule has 22 heavy (non-hydrogen) atoms. The summed E-state index contributed by atoms with van der Waals surface area (Å²) in [7, 11) is 0. The number of nitrogens with one attached hydrogen (secondary N) is 1. The number of amides is 1. The van der Waals surface area contributed by atoms with Gasteiger partial charge in [-0.3, -0.25) is 9.69 Å². The largest absolute Gasteiger partial charge is 0.324 e. The normalized spacial score (nSPS) is 18.5. The van der Waals surface area contributed by atoms with E-state index >= 15 is 0 Å².